The van der Waals surface area contributed by atoms with Gasteiger partial charge in [0.25, 0.3) is 0 Å². The lowest BCUT2D eigenvalue weighted by atomic mass is 9.84. The van der Waals surface area contributed by atoms with Gasteiger partial charge in [-0.2, -0.15) is 0 Å². The van der Waals surface area contributed by atoms with Crippen LogP contribution in [0.2, 0.25) is 0 Å². The van der Waals surface area contributed by atoms with Crippen LogP contribution in [0.15, 0.2) is 35.2 Å². The zero-order valence-corrected chi connectivity index (χ0v) is 12.7. The van der Waals surface area contributed by atoms with E-state index in [9.17, 15) is 9.90 Å². The third kappa shape index (κ3) is 4.55. The Morgan fingerprint density at radius 1 is 1.37 bits per heavy atom. The summed E-state index contributed by atoms with van der Waals surface area (Å²) in [7, 11) is 1.35. The first kappa shape index (κ1) is 16.1. The molecule has 0 aliphatic rings. The van der Waals surface area contributed by atoms with Gasteiger partial charge in [0.15, 0.2) is 0 Å². The standard InChI is InChI=1S/C15H22O3S/c1-11(19-12-8-6-5-7-9-12)10-13(16)15(2,3)14(17)18-4/h5-9,11,13,16H,10H2,1-4H3/t11-,13+/m1/s1. The highest BCUT2D eigenvalue weighted by Crippen LogP contribution is 2.31. The second kappa shape index (κ2) is 6.96. The first-order chi connectivity index (χ1) is 8.87. The van der Waals surface area contributed by atoms with Crippen molar-refractivity contribution in [2.45, 2.75) is 43.4 Å². The van der Waals surface area contributed by atoms with Crippen molar-refractivity contribution >= 4 is 17.7 Å². The summed E-state index contributed by atoms with van der Waals surface area (Å²) in [6, 6.07) is 10.0. The van der Waals surface area contributed by atoms with E-state index >= 15 is 0 Å². The van der Waals surface area contributed by atoms with Crippen LogP contribution in [-0.2, 0) is 9.53 Å². The molecule has 0 aliphatic carbocycles. The van der Waals surface area contributed by atoms with Gasteiger partial charge in [-0.3, -0.25) is 4.79 Å². The highest BCUT2D eigenvalue weighted by molar-refractivity contribution is 7.99. The average molecular weight is 282 g/mol. The molecule has 0 spiro atoms. The number of esters is 1. The van der Waals surface area contributed by atoms with Crippen LogP contribution in [0.4, 0.5) is 0 Å². The van der Waals surface area contributed by atoms with Crippen LogP contribution in [-0.4, -0.2) is 29.5 Å². The third-order valence-electron chi connectivity index (χ3n) is 3.18. The van der Waals surface area contributed by atoms with E-state index in [2.05, 4.69) is 0 Å². The van der Waals surface area contributed by atoms with Crippen LogP contribution >= 0.6 is 11.8 Å². The van der Waals surface area contributed by atoms with Gasteiger partial charge in [0, 0.05) is 10.1 Å². The van der Waals surface area contributed by atoms with E-state index in [4.69, 9.17) is 4.74 Å². The van der Waals surface area contributed by atoms with Crippen LogP contribution in [0.3, 0.4) is 0 Å². The molecule has 1 rings (SSSR count). The maximum atomic E-state index is 11.6. The zero-order chi connectivity index (χ0) is 14.5. The molecule has 0 bridgehead atoms. The normalized spacial score (nSPS) is 14.8. The molecule has 0 radical (unpaired) electrons. The lowest BCUT2D eigenvalue weighted by Crippen LogP contribution is -2.39. The molecule has 0 aromatic heterocycles. The van der Waals surface area contributed by atoms with Crippen LogP contribution in [0.1, 0.15) is 27.2 Å². The number of carbonyl (C=O) groups excluding carboxylic acids is 1. The van der Waals surface area contributed by atoms with Gasteiger partial charge in [0.2, 0.25) is 0 Å². The summed E-state index contributed by atoms with van der Waals surface area (Å²) in [5.74, 6) is -0.378. The number of aliphatic hydroxyl groups is 1. The van der Waals surface area contributed by atoms with Gasteiger partial charge in [-0.1, -0.05) is 25.1 Å². The molecule has 0 saturated heterocycles. The van der Waals surface area contributed by atoms with Crippen LogP contribution in [0.25, 0.3) is 0 Å². The smallest absolute Gasteiger partial charge is 0.313 e. The Labute approximate surface area is 119 Å². The van der Waals surface area contributed by atoms with Gasteiger partial charge in [0.1, 0.15) is 0 Å². The Kier molecular flexibility index (Phi) is 5.88. The van der Waals surface area contributed by atoms with Crippen molar-refractivity contribution < 1.29 is 14.6 Å². The summed E-state index contributed by atoms with van der Waals surface area (Å²) >= 11 is 1.70. The third-order valence-corrected chi connectivity index (χ3v) is 4.32. The highest BCUT2D eigenvalue weighted by Gasteiger charge is 2.37. The van der Waals surface area contributed by atoms with E-state index in [-0.39, 0.29) is 11.2 Å². The molecular formula is C15H22O3S. The molecule has 0 unspecified atom stereocenters. The maximum absolute atomic E-state index is 11.6. The van der Waals surface area contributed by atoms with E-state index in [0.29, 0.717) is 6.42 Å². The molecule has 1 N–H and O–H groups in total. The van der Waals surface area contributed by atoms with Gasteiger partial charge in [0.05, 0.1) is 18.6 Å². The van der Waals surface area contributed by atoms with E-state index in [0.717, 1.165) is 4.90 Å². The second-order valence-corrected chi connectivity index (χ2v) is 6.72. The monoisotopic (exact) mass is 282 g/mol. The van der Waals surface area contributed by atoms with Gasteiger partial charge >= 0.3 is 5.97 Å². The Bertz CT molecular complexity index is 403. The number of aliphatic hydroxyl groups excluding tert-OH is 1. The molecule has 0 saturated carbocycles. The highest BCUT2D eigenvalue weighted by atomic mass is 32.2. The molecular weight excluding hydrogens is 260 g/mol. The summed E-state index contributed by atoms with van der Waals surface area (Å²) in [5.41, 5.74) is -0.875. The summed E-state index contributed by atoms with van der Waals surface area (Å²) in [5, 5.41) is 10.4. The van der Waals surface area contributed by atoms with E-state index in [1.165, 1.54) is 7.11 Å². The minimum Gasteiger partial charge on any atom is -0.469 e. The number of thioether (sulfide) groups is 1. The molecule has 3 nitrogen and oxygen atoms in total. The molecule has 1 aromatic carbocycles. The van der Waals surface area contributed by atoms with Gasteiger partial charge in [-0.25, -0.2) is 0 Å². The topological polar surface area (TPSA) is 46.5 Å². The van der Waals surface area contributed by atoms with Crippen molar-refractivity contribution in [1.29, 1.82) is 0 Å². The predicted octanol–water partition coefficient (Wildman–Crippen LogP) is 3.12. The number of methoxy groups -OCH3 is 1. The molecule has 106 valence electrons. The van der Waals surface area contributed by atoms with Crippen molar-refractivity contribution in [3.63, 3.8) is 0 Å². The van der Waals surface area contributed by atoms with E-state index in [1.807, 2.05) is 37.3 Å². The average Bonchev–Trinajstić information content (AvgIpc) is 2.38. The number of benzene rings is 1. The van der Waals surface area contributed by atoms with Crippen LogP contribution < -0.4 is 0 Å². The SMILES string of the molecule is COC(=O)C(C)(C)[C@@H](O)C[C@@H](C)Sc1ccccc1. The minimum atomic E-state index is -0.875. The number of carbonyl (C=O) groups is 1. The molecule has 0 aliphatic heterocycles. The maximum Gasteiger partial charge on any atom is 0.313 e. The van der Waals surface area contributed by atoms with Crippen molar-refractivity contribution in [2.75, 3.05) is 7.11 Å². The summed E-state index contributed by atoms with van der Waals surface area (Å²) < 4.78 is 4.73. The predicted molar refractivity (Wildman–Crippen MR) is 78.2 cm³/mol. The second-order valence-electron chi connectivity index (χ2n) is 5.21. The lowest BCUT2D eigenvalue weighted by Gasteiger charge is -2.29. The van der Waals surface area contributed by atoms with Crippen LogP contribution in [0, 0.1) is 5.41 Å². The Morgan fingerprint density at radius 2 is 1.95 bits per heavy atom. The molecule has 19 heavy (non-hydrogen) atoms. The fourth-order valence-electron chi connectivity index (χ4n) is 1.79. The molecule has 0 fully saturated rings. The molecule has 2 atom stereocenters. The first-order valence-electron chi connectivity index (χ1n) is 6.36. The zero-order valence-electron chi connectivity index (χ0n) is 11.9. The summed E-state index contributed by atoms with van der Waals surface area (Å²) in [4.78, 5) is 12.8. The molecule has 0 heterocycles. The fraction of sp³-hybridized carbons (Fsp3) is 0.533. The Balaban J connectivity index is 2.57. The minimum absolute atomic E-state index is 0.223. The number of hydrogen-bond acceptors (Lipinski definition) is 4. The summed E-state index contributed by atoms with van der Waals surface area (Å²) in [6.07, 6.45) is -0.173. The van der Waals surface area contributed by atoms with Gasteiger partial charge < -0.3 is 9.84 Å². The fourth-order valence-corrected chi connectivity index (χ4v) is 2.85. The Morgan fingerprint density at radius 3 is 2.47 bits per heavy atom. The van der Waals surface area contributed by atoms with Crippen molar-refractivity contribution in [3.8, 4) is 0 Å². The van der Waals surface area contributed by atoms with Crippen molar-refractivity contribution in [2.24, 2.45) is 5.41 Å². The molecule has 0 amide bonds. The Hall–Kier alpha value is -1.00. The quantitative estimate of drug-likeness (QED) is 0.643. The largest absolute Gasteiger partial charge is 0.469 e. The summed E-state index contributed by atoms with van der Waals surface area (Å²) in [6.45, 7) is 5.47. The number of ether oxygens (including phenoxy) is 1. The van der Waals surface area contributed by atoms with Gasteiger partial charge in [-0.05, 0) is 32.4 Å². The van der Waals surface area contributed by atoms with Crippen LogP contribution in [0.5, 0.6) is 0 Å². The van der Waals surface area contributed by atoms with E-state index < -0.39 is 11.5 Å². The number of rotatable bonds is 6. The van der Waals surface area contributed by atoms with Crippen molar-refractivity contribution in [1.82, 2.24) is 0 Å². The van der Waals surface area contributed by atoms with Gasteiger partial charge in [-0.15, -0.1) is 11.8 Å². The first-order valence-corrected chi connectivity index (χ1v) is 7.24. The number of hydrogen-bond donors (Lipinski definition) is 1. The lowest BCUT2D eigenvalue weighted by molar-refractivity contribution is -0.157. The molecule has 4 heteroatoms. The molecule has 1 aromatic rings. The van der Waals surface area contributed by atoms with Crippen molar-refractivity contribution in [3.05, 3.63) is 30.3 Å². The van der Waals surface area contributed by atoms with E-state index in [1.54, 1.807) is 25.6 Å².